The van der Waals surface area contributed by atoms with E-state index in [2.05, 4.69) is 16.1 Å². The van der Waals surface area contributed by atoms with Crippen molar-refractivity contribution in [3.05, 3.63) is 58.7 Å². The Morgan fingerprint density at radius 3 is 2.08 bits per heavy atom. The lowest BCUT2D eigenvalue weighted by Crippen LogP contribution is -2.27. The van der Waals surface area contributed by atoms with Crippen LogP contribution in [0.15, 0.2) is 41.3 Å². The van der Waals surface area contributed by atoms with Crippen LogP contribution in [0.4, 0.5) is 5.69 Å². The summed E-state index contributed by atoms with van der Waals surface area (Å²) in [5.41, 5.74) is 4.89. The minimum atomic E-state index is -3.66. The van der Waals surface area contributed by atoms with Crippen molar-refractivity contribution in [2.24, 2.45) is 0 Å². The second kappa shape index (κ2) is 7.37. The molecular formula is C19H24N2O3S. The van der Waals surface area contributed by atoms with Crippen LogP contribution in [0.2, 0.25) is 0 Å². The fraction of sp³-hybridized carbons (Fsp3) is 0.316. The Bertz CT molecular complexity index is 888. The number of hydrogen-bond donors (Lipinski definition) is 2. The maximum absolute atomic E-state index is 12.6. The lowest BCUT2D eigenvalue weighted by Gasteiger charge is -2.18. The normalized spacial score (nSPS) is 12.7. The molecule has 25 heavy (non-hydrogen) atoms. The van der Waals surface area contributed by atoms with E-state index in [-0.39, 0.29) is 16.8 Å². The lowest BCUT2D eigenvalue weighted by molar-refractivity contribution is -0.114. The van der Waals surface area contributed by atoms with Gasteiger partial charge in [0.1, 0.15) is 0 Å². The van der Waals surface area contributed by atoms with E-state index in [0.717, 1.165) is 16.7 Å². The number of nitrogens with one attached hydrogen (secondary N) is 2. The molecule has 0 radical (unpaired) electrons. The third-order valence-electron chi connectivity index (χ3n) is 4.17. The van der Waals surface area contributed by atoms with Crippen molar-refractivity contribution in [1.29, 1.82) is 0 Å². The summed E-state index contributed by atoms with van der Waals surface area (Å²) >= 11 is 0. The van der Waals surface area contributed by atoms with Gasteiger partial charge >= 0.3 is 0 Å². The highest BCUT2D eigenvalue weighted by Gasteiger charge is 2.20. The molecule has 0 spiro atoms. The van der Waals surface area contributed by atoms with E-state index in [1.807, 2.05) is 33.8 Å². The third-order valence-corrected chi connectivity index (χ3v) is 5.72. The average Bonchev–Trinajstić information content (AvgIpc) is 2.50. The van der Waals surface area contributed by atoms with Gasteiger partial charge in [-0.15, -0.1) is 0 Å². The maximum atomic E-state index is 12.6. The Morgan fingerprint density at radius 2 is 1.52 bits per heavy atom. The molecule has 0 bridgehead atoms. The predicted molar refractivity (Wildman–Crippen MR) is 100 cm³/mol. The third kappa shape index (κ3) is 4.67. The number of benzene rings is 2. The molecule has 0 aromatic heterocycles. The zero-order chi connectivity index (χ0) is 18.8. The largest absolute Gasteiger partial charge is 0.326 e. The van der Waals surface area contributed by atoms with Gasteiger partial charge < -0.3 is 5.32 Å². The number of amides is 1. The molecule has 6 heteroatoms. The lowest BCUT2D eigenvalue weighted by atomic mass is 9.97. The van der Waals surface area contributed by atoms with Crippen molar-refractivity contribution in [2.45, 2.75) is 45.6 Å². The number of aryl methyl sites for hydroxylation is 3. The summed E-state index contributed by atoms with van der Waals surface area (Å²) in [6.07, 6.45) is 0. The molecule has 0 saturated carbocycles. The van der Waals surface area contributed by atoms with Gasteiger partial charge in [-0.25, -0.2) is 13.1 Å². The van der Waals surface area contributed by atoms with Gasteiger partial charge in [0.25, 0.3) is 0 Å². The first kappa shape index (κ1) is 19.1. The quantitative estimate of drug-likeness (QED) is 0.855. The van der Waals surface area contributed by atoms with E-state index in [0.29, 0.717) is 5.69 Å². The van der Waals surface area contributed by atoms with Crippen LogP contribution < -0.4 is 10.0 Å². The minimum Gasteiger partial charge on any atom is -0.326 e. The zero-order valence-electron chi connectivity index (χ0n) is 15.2. The Morgan fingerprint density at radius 1 is 0.960 bits per heavy atom. The Balaban J connectivity index is 2.23. The Hall–Kier alpha value is -2.18. The maximum Gasteiger partial charge on any atom is 0.241 e. The molecule has 1 amide bonds. The van der Waals surface area contributed by atoms with Crippen LogP contribution in [0.3, 0.4) is 0 Å². The Labute approximate surface area is 149 Å². The van der Waals surface area contributed by atoms with Crippen molar-refractivity contribution in [2.75, 3.05) is 5.32 Å². The van der Waals surface area contributed by atoms with Gasteiger partial charge in [-0.1, -0.05) is 12.1 Å². The molecule has 0 aliphatic carbocycles. The van der Waals surface area contributed by atoms with Crippen molar-refractivity contribution in [1.82, 2.24) is 4.72 Å². The molecule has 0 aliphatic rings. The van der Waals surface area contributed by atoms with Crippen LogP contribution >= 0.6 is 0 Å². The topological polar surface area (TPSA) is 75.3 Å². The van der Waals surface area contributed by atoms with E-state index < -0.39 is 10.0 Å². The number of rotatable bonds is 5. The van der Waals surface area contributed by atoms with Crippen LogP contribution in [0, 0.1) is 20.8 Å². The van der Waals surface area contributed by atoms with Crippen LogP contribution in [0.5, 0.6) is 0 Å². The first-order valence-corrected chi connectivity index (χ1v) is 9.56. The highest BCUT2D eigenvalue weighted by atomic mass is 32.2. The van der Waals surface area contributed by atoms with Crippen LogP contribution in [0.25, 0.3) is 0 Å². The van der Waals surface area contributed by atoms with Gasteiger partial charge in [0.05, 0.1) is 4.90 Å². The molecular weight excluding hydrogens is 336 g/mol. The molecule has 0 fully saturated rings. The summed E-state index contributed by atoms with van der Waals surface area (Å²) in [5, 5.41) is 2.61. The number of carbonyl (C=O) groups excluding carboxylic acids is 1. The van der Waals surface area contributed by atoms with Gasteiger partial charge in [0.15, 0.2) is 0 Å². The van der Waals surface area contributed by atoms with Gasteiger partial charge in [-0.2, -0.15) is 0 Å². The first-order chi connectivity index (χ1) is 11.6. The molecule has 2 aromatic carbocycles. The molecule has 0 unspecified atom stereocenters. The van der Waals surface area contributed by atoms with Crippen molar-refractivity contribution in [3.8, 4) is 0 Å². The highest BCUT2D eigenvalue weighted by molar-refractivity contribution is 7.89. The average molecular weight is 360 g/mol. The summed E-state index contributed by atoms with van der Waals surface area (Å²) in [6.45, 7) is 9.27. The van der Waals surface area contributed by atoms with Gasteiger partial charge in [0.2, 0.25) is 15.9 Å². The summed E-state index contributed by atoms with van der Waals surface area (Å²) < 4.78 is 27.9. The number of anilines is 1. The van der Waals surface area contributed by atoms with Gasteiger partial charge in [-0.05, 0) is 74.2 Å². The van der Waals surface area contributed by atoms with Crippen LogP contribution in [-0.4, -0.2) is 14.3 Å². The van der Waals surface area contributed by atoms with Crippen LogP contribution in [0.1, 0.15) is 42.1 Å². The molecule has 0 aliphatic heterocycles. The summed E-state index contributed by atoms with van der Waals surface area (Å²) in [5.74, 6) is -0.201. The van der Waals surface area contributed by atoms with Gasteiger partial charge in [-0.3, -0.25) is 4.79 Å². The van der Waals surface area contributed by atoms with E-state index in [1.54, 1.807) is 12.1 Å². The molecule has 2 rings (SSSR count). The minimum absolute atomic E-state index is 0.162. The fourth-order valence-corrected chi connectivity index (χ4v) is 3.96. The van der Waals surface area contributed by atoms with E-state index in [4.69, 9.17) is 0 Å². The standard InChI is InChI=1S/C19H24N2O3S/c1-12-10-14(3)19(11-13(12)2)15(4)21-25(23,24)18-8-6-17(7-9-18)20-16(5)22/h6-11,15,21H,1-5H3,(H,20,22)/t15-/m1/s1. The fourth-order valence-electron chi connectivity index (χ4n) is 2.73. The van der Waals surface area contributed by atoms with Crippen molar-refractivity contribution in [3.63, 3.8) is 0 Å². The number of hydrogen-bond acceptors (Lipinski definition) is 3. The predicted octanol–water partition coefficient (Wildman–Crippen LogP) is 3.61. The van der Waals surface area contributed by atoms with Crippen molar-refractivity contribution >= 4 is 21.6 Å². The molecule has 2 N–H and O–H groups in total. The van der Waals surface area contributed by atoms with E-state index in [9.17, 15) is 13.2 Å². The van der Waals surface area contributed by atoms with E-state index in [1.165, 1.54) is 24.6 Å². The zero-order valence-corrected chi connectivity index (χ0v) is 16.0. The summed E-state index contributed by atoms with van der Waals surface area (Å²) in [6, 6.07) is 9.85. The molecule has 0 heterocycles. The summed E-state index contributed by atoms with van der Waals surface area (Å²) in [7, 11) is -3.66. The van der Waals surface area contributed by atoms with Gasteiger partial charge in [0, 0.05) is 18.7 Å². The Kier molecular flexibility index (Phi) is 5.65. The SMILES string of the molecule is CC(=O)Nc1ccc(S(=O)(=O)N[C@H](C)c2cc(C)c(C)cc2C)cc1. The summed E-state index contributed by atoms with van der Waals surface area (Å²) in [4.78, 5) is 11.2. The number of sulfonamides is 1. The first-order valence-electron chi connectivity index (χ1n) is 8.08. The monoisotopic (exact) mass is 360 g/mol. The van der Waals surface area contributed by atoms with E-state index >= 15 is 0 Å². The van der Waals surface area contributed by atoms with Crippen molar-refractivity contribution < 1.29 is 13.2 Å². The second-order valence-corrected chi connectivity index (χ2v) is 8.06. The smallest absolute Gasteiger partial charge is 0.241 e. The second-order valence-electron chi connectivity index (χ2n) is 6.34. The highest BCUT2D eigenvalue weighted by Crippen LogP contribution is 2.24. The van der Waals surface area contributed by atoms with Crippen LogP contribution in [-0.2, 0) is 14.8 Å². The number of carbonyl (C=O) groups is 1. The molecule has 2 aromatic rings. The molecule has 5 nitrogen and oxygen atoms in total. The molecule has 1 atom stereocenters. The molecule has 134 valence electrons. The molecule has 0 saturated heterocycles.